The van der Waals surface area contributed by atoms with E-state index in [1.165, 1.54) is 0 Å². The van der Waals surface area contributed by atoms with Crippen LogP contribution >= 0.6 is 0 Å². The van der Waals surface area contributed by atoms with Gasteiger partial charge in [-0.1, -0.05) is 18.2 Å². The molecule has 1 heterocycles. The SMILES string of the molecule is COc1ccc2c(c1)C(=O)N(C[C@H](NC(=O)NC=O)c1ccc(OC(C)C)cc1)C2. The number of benzene rings is 2. The Morgan fingerprint density at radius 2 is 1.87 bits per heavy atom. The molecule has 0 radical (unpaired) electrons. The van der Waals surface area contributed by atoms with Gasteiger partial charge >= 0.3 is 6.03 Å². The number of urea groups is 1. The highest BCUT2D eigenvalue weighted by Gasteiger charge is 2.30. The van der Waals surface area contributed by atoms with Gasteiger partial charge in [0.2, 0.25) is 6.41 Å². The van der Waals surface area contributed by atoms with Crippen LogP contribution in [0, 0.1) is 0 Å². The number of hydrogen-bond acceptors (Lipinski definition) is 5. The lowest BCUT2D eigenvalue weighted by Gasteiger charge is -2.25. The molecule has 0 aromatic heterocycles. The molecule has 4 amide bonds. The van der Waals surface area contributed by atoms with Crippen molar-refractivity contribution in [1.29, 1.82) is 0 Å². The minimum Gasteiger partial charge on any atom is -0.497 e. The van der Waals surface area contributed by atoms with Crippen LogP contribution in [0.5, 0.6) is 11.5 Å². The molecule has 3 rings (SSSR count). The summed E-state index contributed by atoms with van der Waals surface area (Å²) in [6.07, 6.45) is 0.357. The van der Waals surface area contributed by atoms with Gasteiger partial charge in [0.05, 0.1) is 19.3 Å². The number of fused-ring (bicyclic) bond motifs is 1. The van der Waals surface area contributed by atoms with Crippen LogP contribution in [0.1, 0.15) is 41.4 Å². The van der Waals surface area contributed by atoms with E-state index in [4.69, 9.17) is 9.47 Å². The van der Waals surface area contributed by atoms with Crippen LogP contribution in [-0.2, 0) is 11.3 Å². The Balaban J connectivity index is 1.80. The van der Waals surface area contributed by atoms with E-state index in [0.717, 1.165) is 11.1 Å². The quantitative estimate of drug-likeness (QED) is 0.651. The van der Waals surface area contributed by atoms with Gasteiger partial charge < -0.3 is 19.7 Å². The third kappa shape index (κ3) is 4.89. The van der Waals surface area contributed by atoms with Crippen LogP contribution in [-0.4, -0.2) is 43.0 Å². The van der Waals surface area contributed by atoms with Crippen LogP contribution in [0.15, 0.2) is 42.5 Å². The van der Waals surface area contributed by atoms with Crippen molar-refractivity contribution in [3.8, 4) is 11.5 Å². The van der Waals surface area contributed by atoms with Crippen molar-refractivity contribution in [2.45, 2.75) is 32.5 Å². The minimum absolute atomic E-state index is 0.0425. The van der Waals surface area contributed by atoms with E-state index < -0.39 is 12.1 Å². The zero-order valence-electron chi connectivity index (χ0n) is 17.2. The molecule has 1 atom stereocenters. The highest BCUT2D eigenvalue weighted by atomic mass is 16.5. The standard InChI is InChI=1S/C22H25N3O5/c1-14(2)30-17-7-4-15(5-8-17)20(24-22(28)23-13-26)12-25-11-16-6-9-18(29-3)10-19(16)21(25)27/h4-10,13-14,20H,11-12H2,1-3H3,(H2,23,24,26,28)/t20-/m0/s1. The fraction of sp³-hybridized carbons (Fsp3) is 0.318. The number of ether oxygens (including phenoxy) is 2. The molecule has 8 heteroatoms. The van der Waals surface area contributed by atoms with Crippen LogP contribution < -0.4 is 20.1 Å². The Labute approximate surface area is 175 Å². The monoisotopic (exact) mass is 411 g/mol. The van der Waals surface area contributed by atoms with Crippen molar-refractivity contribution < 1.29 is 23.9 Å². The maximum Gasteiger partial charge on any atom is 0.321 e. The van der Waals surface area contributed by atoms with Crippen LogP contribution in [0.2, 0.25) is 0 Å². The van der Waals surface area contributed by atoms with Gasteiger partial charge in [0.25, 0.3) is 5.91 Å². The summed E-state index contributed by atoms with van der Waals surface area (Å²) in [6.45, 7) is 4.55. The first-order chi connectivity index (χ1) is 14.4. The molecule has 0 saturated carbocycles. The lowest BCUT2D eigenvalue weighted by Crippen LogP contribution is -2.42. The second-order valence-electron chi connectivity index (χ2n) is 7.23. The third-order valence-electron chi connectivity index (χ3n) is 4.75. The van der Waals surface area contributed by atoms with Gasteiger partial charge in [-0.15, -0.1) is 0 Å². The number of carbonyl (C=O) groups is 3. The number of nitrogens with zero attached hydrogens (tertiary/aromatic N) is 1. The number of methoxy groups -OCH3 is 1. The average Bonchev–Trinajstić information content (AvgIpc) is 3.02. The molecule has 30 heavy (non-hydrogen) atoms. The van der Waals surface area contributed by atoms with E-state index in [2.05, 4.69) is 10.6 Å². The van der Waals surface area contributed by atoms with Crippen molar-refractivity contribution in [3.63, 3.8) is 0 Å². The van der Waals surface area contributed by atoms with Crippen LogP contribution in [0.25, 0.3) is 0 Å². The minimum atomic E-state index is -0.636. The van der Waals surface area contributed by atoms with Crippen LogP contribution in [0.4, 0.5) is 4.79 Å². The van der Waals surface area contributed by atoms with E-state index in [-0.39, 0.29) is 18.6 Å². The number of carbonyl (C=O) groups excluding carboxylic acids is 3. The zero-order chi connectivity index (χ0) is 21.7. The highest BCUT2D eigenvalue weighted by molar-refractivity contribution is 5.98. The van der Waals surface area contributed by atoms with Crippen molar-refractivity contribution in [2.75, 3.05) is 13.7 Å². The Morgan fingerprint density at radius 1 is 1.17 bits per heavy atom. The van der Waals surface area contributed by atoms with Gasteiger partial charge in [0, 0.05) is 18.7 Å². The Kier molecular flexibility index (Phi) is 6.56. The first-order valence-electron chi connectivity index (χ1n) is 9.64. The zero-order valence-corrected chi connectivity index (χ0v) is 17.2. The number of hydrogen-bond donors (Lipinski definition) is 2. The average molecular weight is 411 g/mol. The van der Waals surface area contributed by atoms with Gasteiger partial charge in [-0.3, -0.25) is 14.9 Å². The molecule has 1 aliphatic heterocycles. The summed E-state index contributed by atoms with van der Waals surface area (Å²) in [7, 11) is 1.55. The lowest BCUT2D eigenvalue weighted by atomic mass is 10.1. The van der Waals surface area contributed by atoms with Crippen molar-refractivity contribution in [2.24, 2.45) is 0 Å². The number of amides is 4. The number of rotatable bonds is 8. The second kappa shape index (κ2) is 9.30. The topological polar surface area (TPSA) is 97.0 Å². The van der Waals surface area contributed by atoms with E-state index in [0.29, 0.717) is 30.0 Å². The molecule has 0 unspecified atom stereocenters. The highest BCUT2D eigenvalue weighted by Crippen LogP contribution is 2.29. The van der Waals surface area contributed by atoms with Gasteiger partial charge in [-0.25, -0.2) is 4.79 Å². The predicted octanol–water partition coefficient (Wildman–Crippen LogP) is 2.64. The Morgan fingerprint density at radius 3 is 2.50 bits per heavy atom. The first-order valence-corrected chi connectivity index (χ1v) is 9.64. The van der Waals surface area contributed by atoms with Gasteiger partial charge in [-0.05, 0) is 49.2 Å². The van der Waals surface area contributed by atoms with Crippen LogP contribution in [0.3, 0.4) is 0 Å². The molecule has 1 aliphatic rings. The largest absolute Gasteiger partial charge is 0.497 e. The molecule has 0 bridgehead atoms. The maximum atomic E-state index is 12.9. The van der Waals surface area contributed by atoms with Crippen molar-refractivity contribution in [3.05, 3.63) is 59.2 Å². The molecule has 158 valence electrons. The molecule has 8 nitrogen and oxygen atoms in total. The van der Waals surface area contributed by atoms with Gasteiger partial charge in [0.1, 0.15) is 11.5 Å². The fourth-order valence-corrected chi connectivity index (χ4v) is 3.37. The molecule has 0 spiro atoms. The fourth-order valence-electron chi connectivity index (χ4n) is 3.37. The summed E-state index contributed by atoms with van der Waals surface area (Å²) in [5.41, 5.74) is 2.28. The normalized spacial score (nSPS) is 13.6. The van der Waals surface area contributed by atoms with Crippen molar-refractivity contribution in [1.82, 2.24) is 15.5 Å². The molecule has 2 N–H and O–H groups in total. The van der Waals surface area contributed by atoms with E-state index >= 15 is 0 Å². The summed E-state index contributed by atoms with van der Waals surface area (Å²) >= 11 is 0. The van der Waals surface area contributed by atoms with E-state index in [9.17, 15) is 14.4 Å². The summed E-state index contributed by atoms with van der Waals surface area (Å²) < 4.78 is 10.9. The number of imide groups is 1. The summed E-state index contributed by atoms with van der Waals surface area (Å²) in [5, 5.41) is 4.83. The molecule has 0 fully saturated rings. The molecule has 0 aliphatic carbocycles. The lowest BCUT2D eigenvalue weighted by molar-refractivity contribution is -0.108. The first kappa shape index (κ1) is 21.2. The van der Waals surface area contributed by atoms with Crippen molar-refractivity contribution >= 4 is 18.3 Å². The maximum absolute atomic E-state index is 12.9. The summed E-state index contributed by atoms with van der Waals surface area (Å²) in [4.78, 5) is 37.2. The number of nitrogens with one attached hydrogen (secondary N) is 2. The molecule has 2 aromatic rings. The predicted molar refractivity (Wildman–Crippen MR) is 110 cm³/mol. The van der Waals surface area contributed by atoms with E-state index in [1.54, 1.807) is 18.1 Å². The molecular formula is C22H25N3O5. The van der Waals surface area contributed by atoms with Gasteiger partial charge in [-0.2, -0.15) is 0 Å². The van der Waals surface area contributed by atoms with Gasteiger partial charge in [0.15, 0.2) is 0 Å². The second-order valence-corrected chi connectivity index (χ2v) is 7.23. The summed E-state index contributed by atoms with van der Waals surface area (Å²) in [5.74, 6) is 1.19. The summed E-state index contributed by atoms with van der Waals surface area (Å²) in [6, 6.07) is 11.5. The molecule has 2 aromatic carbocycles. The van der Waals surface area contributed by atoms with E-state index in [1.807, 2.05) is 50.2 Å². The third-order valence-corrected chi connectivity index (χ3v) is 4.75. The Bertz CT molecular complexity index is 927. The molecule has 0 saturated heterocycles. The Hall–Kier alpha value is -3.55. The smallest absolute Gasteiger partial charge is 0.321 e. The molecular weight excluding hydrogens is 386 g/mol.